The third kappa shape index (κ3) is 3.45. The van der Waals surface area contributed by atoms with Crippen LogP contribution in [0.2, 0.25) is 0 Å². The van der Waals surface area contributed by atoms with E-state index in [2.05, 4.69) is 4.72 Å². The van der Waals surface area contributed by atoms with Crippen molar-refractivity contribution in [1.29, 1.82) is 0 Å². The van der Waals surface area contributed by atoms with E-state index < -0.39 is 10.2 Å². The molecule has 0 radical (unpaired) electrons. The summed E-state index contributed by atoms with van der Waals surface area (Å²) in [7, 11) is -3.63. The lowest BCUT2D eigenvalue weighted by atomic mass is 10.1. The van der Waals surface area contributed by atoms with Crippen LogP contribution in [-0.4, -0.2) is 8.42 Å². The molecule has 3 N–H and O–H groups in total. The molecule has 0 amide bonds. The summed E-state index contributed by atoms with van der Waals surface area (Å²) in [6, 6.07) is 9.10. The van der Waals surface area contributed by atoms with Gasteiger partial charge in [-0.3, -0.25) is 0 Å². The Morgan fingerprint density at radius 1 is 1.36 bits per heavy atom. The largest absolute Gasteiger partial charge is 0.274 e. The fourth-order valence-corrected chi connectivity index (χ4v) is 1.97. The number of hydrogen-bond donors (Lipinski definition) is 2. The van der Waals surface area contributed by atoms with E-state index >= 15 is 0 Å². The van der Waals surface area contributed by atoms with Crippen LogP contribution in [0.25, 0.3) is 0 Å². The first-order chi connectivity index (χ1) is 6.53. The van der Waals surface area contributed by atoms with Gasteiger partial charge in [-0.1, -0.05) is 37.3 Å². The standard InChI is InChI=1S/C9H14N2O2S/c1-2-9(11-14(10,12)13)8-6-4-3-5-7-8/h3-7,9,11H,2H2,1H3,(H2,10,12,13). The van der Waals surface area contributed by atoms with Crippen LogP contribution in [0.4, 0.5) is 0 Å². The summed E-state index contributed by atoms with van der Waals surface area (Å²) < 4.78 is 24.1. The maximum atomic E-state index is 10.8. The maximum absolute atomic E-state index is 10.8. The van der Waals surface area contributed by atoms with Gasteiger partial charge in [0.1, 0.15) is 0 Å². The van der Waals surface area contributed by atoms with Crippen LogP contribution < -0.4 is 9.86 Å². The predicted octanol–water partition coefficient (Wildman–Crippen LogP) is 0.931. The smallest absolute Gasteiger partial charge is 0.216 e. The van der Waals surface area contributed by atoms with E-state index in [1.54, 1.807) is 0 Å². The Morgan fingerprint density at radius 2 is 1.93 bits per heavy atom. The Kier molecular flexibility index (Phi) is 3.62. The lowest BCUT2D eigenvalue weighted by Crippen LogP contribution is -2.33. The molecular formula is C9H14N2O2S. The topological polar surface area (TPSA) is 72.2 Å². The first-order valence-corrected chi connectivity index (χ1v) is 5.92. The van der Waals surface area contributed by atoms with E-state index in [0.717, 1.165) is 5.56 Å². The second kappa shape index (κ2) is 4.54. The summed E-state index contributed by atoms with van der Waals surface area (Å²) in [5, 5.41) is 4.91. The predicted molar refractivity (Wildman–Crippen MR) is 55.7 cm³/mol. The quantitative estimate of drug-likeness (QED) is 0.782. The molecule has 1 atom stereocenters. The highest BCUT2D eigenvalue weighted by molar-refractivity contribution is 7.87. The van der Waals surface area contributed by atoms with Crippen molar-refractivity contribution in [2.45, 2.75) is 19.4 Å². The van der Waals surface area contributed by atoms with E-state index in [1.165, 1.54) is 0 Å². The van der Waals surface area contributed by atoms with Gasteiger partial charge in [0.05, 0.1) is 0 Å². The van der Waals surface area contributed by atoms with Crippen molar-refractivity contribution in [2.75, 3.05) is 0 Å². The zero-order valence-corrected chi connectivity index (χ0v) is 8.79. The molecule has 4 nitrogen and oxygen atoms in total. The summed E-state index contributed by atoms with van der Waals surface area (Å²) in [5.74, 6) is 0. The average Bonchev–Trinajstić information content (AvgIpc) is 2.14. The Labute approximate surface area is 84.3 Å². The number of rotatable bonds is 4. The maximum Gasteiger partial charge on any atom is 0.274 e. The Morgan fingerprint density at radius 3 is 2.36 bits per heavy atom. The van der Waals surface area contributed by atoms with Gasteiger partial charge in [0, 0.05) is 6.04 Å². The molecule has 0 heterocycles. The second-order valence-corrected chi connectivity index (χ2v) is 4.36. The van der Waals surface area contributed by atoms with Crippen LogP contribution in [0, 0.1) is 0 Å². The van der Waals surface area contributed by atoms with Crippen molar-refractivity contribution >= 4 is 10.2 Å². The minimum absolute atomic E-state index is 0.244. The summed E-state index contributed by atoms with van der Waals surface area (Å²) in [6.07, 6.45) is 0.667. The molecule has 1 rings (SSSR count). The molecule has 0 bridgehead atoms. The van der Waals surface area contributed by atoms with Gasteiger partial charge in [0.25, 0.3) is 10.2 Å². The molecule has 1 unspecified atom stereocenters. The van der Waals surface area contributed by atoms with E-state index in [-0.39, 0.29) is 6.04 Å². The molecule has 0 aliphatic rings. The van der Waals surface area contributed by atoms with Gasteiger partial charge in [-0.25, -0.2) is 5.14 Å². The van der Waals surface area contributed by atoms with Crippen LogP contribution in [0.15, 0.2) is 30.3 Å². The average molecular weight is 214 g/mol. The molecule has 1 aromatic carbocycles. The fraction of sp³-hybridized carbons (Fsp3) is 0.333. The van der Waals surface area contributed by atoms with E-state index in [0.29, 0.717) is 6.42 Å². The first-order valence-electron chi connectivity index (χ1n) is 4.38. The minimum Gasteiger partial charge on any atom is -0.216 e. The van der Waals surface area contributed by atoms with Crippen molar-refractivity contribution in [2.24, 2.45) is 5.14 Å². The lowest BCUT2D eigenvalue weighted by Gasteiger charge is -2.15. The van der Waals surface area contributed by atoms with Gasteiger partial charge >= 0.3 is 0 Å². The van der Waals surface area contributed by atoms with Crippen molar-refractivity contribution in [3.8, 4) is 0 Å². The zero-order chi connectivity index (χ0) is 10.6. The number of nitrogens with one attached hydrogen (secondary N) is 1. The Hall–Kier alpha value is -0.910. The van der Waals surface area contributed by atoms with Crippen molar-refractivity contribution in [3.05, 3.63) is 35.9 Å². The number of hydrogen-bond acceptors (Lipinski definition) is 2. The summed E-state index contributed by atoms with van der Waals surface area (Å²) >= 11 is 0. The number of benzene rings is 1. The van der Waals surface area contributed by atoms with Crippen LogP contribution in [0.5, 0.6) is 0 Å². The van der Waals surface area contributed by atoms with Gasteiger partial charge < -0.3 is 0 Å². The molecule has 0 aliphatic carbocycles. The molecule has 0 saturated carbocycles. The molecule has 1 aromatic rings. The van der Waals surface area contributed by atoms with Gasteiger partial charge in [-0.15, -0.1) is 0 Å². The third-order valence-electron chi connectivity index (χ3n) is 1.92. The fourth-order valence-electron chi connectivity index (χ4n) is 1.27. The molecule has 0 spiro atoms. The first kappa shape index (κ1) is 11.2. The van der Waals surface area contributed by atoms with Crippen molar-refractivity contribution in [1.82, 2.24) is 4.72 Å². The normalized spacial score (nSPS) is 13.9. The van der Waals surface area contributed by atoms with Crippen LogP contribution in [-0.2, 0) is 10.2 Å². The van der Waals surface area contributed by atoms with Crippen molar-refractivity contribution < 1.29 is 8.42 Å². The van der Waals surface area contributed by atoms with Gasteiger partial charge in [-0.2, -0.15) is 13.1 Å². The van der Waals surface area contributed by atoms with Crippen molar-refractivity contribution in [3.63, 3.8) is 0 Å². The van der Waals surface area contributed by atoms with Crippen LogP contribution >= 0.6 is 0 Å². The summed E-state index contributed by atoms with van der Waals surface area (Å²) in [6.45, 7) is 1.90. The van der Waals surface area contributed by atoms with Crippen LogP contribution in [0.3, 0.4) is 0 Å². The molecule has 0 saturated heterocycles. The summed E-state index contributed by atoms with van der Waals surface area (Å²) in [4.78, 5) is 0. The SMILES string of the molecule is CCC(NS(N)(=O)=O)c1ccccc1. The van der Waals surface area contributed by atoms with E-state index in [1.807, 2.05) is 37.3 Å². The Balaban J connectivity index is 2.84. The van der Waals surface area contributed by atoms with E-state index in [4.69, 9.17) is 5.14 Å². The molecule has 14 heavy (non-hydrogen) atoms. The summed E-state index contributed by atoms with van der Waals surface area (Å²) in [5.41, 5.74) is 0.920. The zero-order valence-electron chi connectivity index (χ0n) is 7.97. The molecule has 78 valence electrons. The highest BCUT2D eigenvalue weighted by atomic mass is 32.2. The Bertz CT molecular complexity index is 375. The van der Waals surface area contributed by atoms with Crippen LogP contribution in [0.1, 0.15) is 24.9 Å². The monoisotopic (exact) mass is 214 g/mol. The van der Waals surface area contributed by atoms with Gasteiger partial charge in [0.2, 0.25) is 0 Å². The van der Waals surface area contributed by atoms with Gasteiger partial charge in [0.15, 0.2) is 0 Å². The third-order valence-corrected chi connectivity index (χ3v) is 2.53. The van der Waals surface area contributed by atoms with E-state index in [9.17, 15) is 8.42 Å². The molecule has 0 fully saturated rings. The highest BCUT2D eigenvalue weighted by Gasteiger charge is 2.13. The highest BCUT2D eigenvalue weighted by Crippen LogP contribution is 2.15. The molecule has 5 heteroatoms. The van der Waals surface area contributed by atoms with Gasteiger partial charge in [-0.05, 0) is 12.0 Å². The second-order valence-electron chi connectivity index (χ2n) is 3.03. The molecular weight excluding hydrogens is 200 g/mol. The number of nitrogens with two attached hydrogens (primary N) is 1. The molecule has 0 aliphatic heterocycles. The minimum atomic E-state index is -3.63. The molecule has 0 aromatic heterocycles. The lowest BCUT2D eigenvalue weighted by molar-refractivity contribution is 0.551.